The fourth-order valence-electron chi connectivity index (χ4n) is 3.30. The molecule has 1 aliphatic heterocycles. The summed E-state index contributed by atoms with van der Waals surface area (Å²) in [6.07, 6.45) is 1.16. The Morgan fingerprint density at radius 3 is 2.58 bits per heavy atom. The maximum absolute atomic E-state index is 11.1. The van der Waals surface area contributed by atoms with E-state index in [0.717, 1.165) is 26.1 Å². The number of carbonyl (C=O) groups is 1. The van der Waals surface area contributed by atoms with Gasteiger partial charge in [-0.2, -0.15) is 0 Å². The van der Waals surface area contributed by atoms with E-state index >= 15 is 0 Å². The van der Waals surface area contributed by atoms with E-state index in [2.05, 4.69) is 47.5 Å². The molecule has 1 heterocycles. The average Bonchev–Trinajstić information content (AvgIpc) is 3.09. The molecule has 24 heavy (non-hydrogen) atoms. The van der Waals surface area contributed by atoms with E-state index in [4.69, 9.17) is 5.73 Å². The van der Waals surface area contributed by atoms with E-state index in [9.17, 15) is 4.79 Å². The van der Waals surface area contributed by atoms with Gasteiger partial charge in [-0.05, 0) is 36.6 Å². The molecule has 0 spiro atoms. The van der Waals surface area contributed by atoms with Crippen LogP contribution in [0.15, 0.2) is 54.6 Å². The molecule has 2 aromatic carbocycles. The van der Waals surface area contributed by atoms with Crippen molar-refractivity contribution >= 4 is 5.91 Å². The van der Waals surface area contributed by atoms with Gasteiger partial charge in [-0.25, -0.2) is 0 Å². The topological polar surface area (TPSA) is 58.4 Å². The number of benzene rings is 2. The van der Waals surface area contributed by atoms with Crippen LogP contribution in [0.2, 0.25) is 0 Å². The summed E-state index contributed by atoms with van der Waals surface area (Å²) in [6.45, 7) is 5.28. The second-order valence-corrected chi connectivity index (χ2v) is 6.51. The zero-order valence-electron chi connectivity index (χ0n) is 14.1. The Hall–Kier alpha value is -2.17. The second kappa shape index (κ2) is 7.60. The minimum atomic E-state index is -0.379. The predicted molar refractivity (Wildman–Crippen MR) is 96.6 cm³/mol. The van der Waals surface area contributed by atoms with Crippen molar-refractivity contribution in [3.8, 4) is 0 Å². The van der Waals surface area contributed by atoms with E-state index in [0.29, 0.717) is 17.6 Å². The molecule has 4 heteroatoms. The Labute approximate surface area is 143 Å². The fourth-order valence-corrected chi connectivity index (χ4v) is 3.30. The van der Waals surface area contributed by atoms with Gasteiger partial charge in [0.15, 0.2) is 0 Å². The molecule has 1 saturated heterocycles. The van der Waals surface area contributed by atoms with Crippen LogP contribution in [0.5, 0.6) is 0 Å². The molecule has 1 aliphatic rings. The second-order valence-electron chi connectivity index (χ2n) is 6.51. The van der Waals surface area contributed by atoms with Gasteiger partial charge in [0, 0.05) is 37.3 Å². The minimum absolute atomic E-state index is 0.379. The van der Waals surface area contributed by atoms with Crippen LogP contribution in [0.25, 0.3) is 0 Å². The van der Waals surface area contributed by atoms with Crippen LogP contribution in [-0.4, -0.2) is 29.9 Å². The van der Waals surface area contributed by atoms with Crippen molar-refractivity contribution in [2.24, 2.45) is 5.73 Å². The normalized spacial score (nSPS) is 19.3. The number of rotatable bonds is 6. The number of amides is 1. The van der Waals surface area contributed by atoms with Crippen LogP contribution in [0, 0.1) is 0 Å². The molecule has 126 valence electrons. The minimum Gasteiger partial charge on any atom is -0.366 e. The standard InChI is InChI=1S/C20H25N3O/c1-15(17-5-3-2-4-6-17)23-12-11-19(14-23)22-13-16-7-9-18(10-8-16)20(21)24/h2-10,15,19,22H,11-14H2,1H3,(H2,21,24)/t15-,19+/m1/s1. The molecule has 0 bridgehead atoms. The Balaban J connectivity index is 1.50. The molecular formula is C20H25N3O. The van der Waals surface area contributed by atoms with Gasteiger partial charge in [-0.15, -0.1) is 0 Å². The lowest BCUT2D eigenvalue weighted by molar-refractivity contribution is 0.100. The molecule has 3 rings (SSSR count). The van der Waals surface area contributed by atoms with Gasteiger partial charge in [0.25, 0.3) is 0 Å². The molecule has 0 radical (unpaired) electrons. The number of primary amides is 1. The van der Waals surface area contributed by atoms with Crippen molar-refractivity contribution in [1.29, 1.82) is 0 Å². The summed E-state index contributed by atoms with van der Waals surface area (Å²) in [7, 11) is 0. The quantitative estimate of drug-likeness (QED) is 0.859. The summed E-state index contributed by atoms with van der Waals surface area (Å²) in [6, 6.07) is 19.1. The first-order valence-corrected chi connectivity index (χ1v) is 8.54. The van der Waals surface area contributed by atoms with Crippen LogP contribution in [0.4, 0.5) is 0 Å². The third kappa shape index (κ3) is 4.02. The van der Waals surface area contributed by atoms with E-state index in [1.165, 1.54) is 11.1 Å². The first-order valence-electron chi connectivity index (χ1n) is 8.54. The van der Waals surface area contributed by atoms with Crippen molar-refractivity contribution in [2.45, 2.75) is 32.0 Å². The van der Waals surface area contributed by atoms with Crippen LogP contribution < -0.4 is 11.1 Å². The van der Waals surface area contributed by atoms with E-state index in [1.807, 2.05) is 12.1 Å². The van der Waals surface area contributed by atoms with Gasteiger partial charge in [-0.3, -0.25) is 9.69 Å². The maximum Gasteiger partial charge on any atom is 0.248 e. The molecule has 0 aliphatic carbocycles. The number of nitrogens with zero attached hydrogens (tertiary/aromatic N) is 1. The summed E-state index contributed by atoms with van der Waals surface area (Å²) in [5.41, 5.74) is 8.38. The molecule has 0 saturated carbocycles. The van der Waals surface area contributed by atoms with Crippen molar-refractivity contribution in [2.75, 3.05) is 13.1 Å². The highest BCUT2D eigenvalue weighted by atomic mass is 16.1. The van der Waals surface area contributed by atoms with Gasteiger partial charge in [0.05, 0.1) is 0 Å². The average molecular weight is 323 g/mol. The van der Waals surface area contributed by atoms with Crippen molar-refractivity contribution in [3.05, 3.63) is 71.3 Å². The van der Waals surface area contributed by atoms with Crippen LogP contribution in [0.1, 0.15) is 40.9 Å². The monoisotopic (exact) mass is 323 g/mol. The Morgan fingerprint density at radius 1 is 1.21 bits per heavy atom. The van der Waals surface area contributed by atoms with E-state index in [1.54, 1.807) is 12.1 Å². The summed E-state index contributed by atoms with van der Waals surface area (Å²) < 4.78 is 0. The first-order chi connectivity index (χ1) is 11.6. The molecule has 2 atom stereocenters. The lowest BCUT2D eigenvalue weighted by Crippen LogP contribution is -2.33. The largest absolute Gasteiger partial charge is 0.366 e. The Morgan fingerprint density at radius 2 is 1.92 bits per heavy atom. The molecule has 1 fully saturated rings. The lowest BCUT2D eigenvalue weighted by atomic mass is 10.1. The number of likely N-dealkylation sites (tertiary alicyclic amines) is 1. The molecule has 4 nitrogen and oxygen atoms in total. The van der Waals surface area contributed by atoms with Gasteiger partial charge in [-0.1, -0.05) is 42.5 Å². The molecule has 2 aromatic rings. The SMILES string of the molecule is C[C@H](c1ccccc1)N1CC[C@H](NCc2ccc(C(N)=O)cc2)C1. The van der Waals surface area contributed by atoms with Crippen molar-refractivity contribution in [3.63, 3.8) is 0 Å². The first kappa shape index (κ1) is 16.7. The number of hydrogen-bond acceptors (Lipinski definition) is 3. The highest BCUT2D eigenvalue weighted by Crippen LogP contribution is 2.24. The van der Waals surface area contributed by atoms with E-state index < -0.39 is 0 Å². The zero-order valence-corrected chi connectivity index (χ0v) is 14.1. The highest BCUT2D eigenvalue weighted by molar-refractivity contribution is 5.92. The third-order valence-corrected chi connectivity index (χ3v) is 4.88. The summed E-state index contributed by atoms with van der Waals surface area (Å²) in [5.74, 6) is -0.379. The summed E-state index contributed by atoms with van der Waals surface area (Å²) in [4.78, 5) is 13.6. The van der Waals surface area contributed by atoms with Crippen LogP contribution in [0.3, 0.4) is 0 Å². The van der Waals surface area contributed by atoms with Crippen molar-refractivity contribution in [1.82, 2.24) is 10.2 Å². The van der Waals surface area contributed by atoms with Gasteiger partial charge in [0.2, 0.25) is 5.91 Å². The molecule has 0 unspecified atom stereocenters. The molecule has 1 amide bonds. The van der Waals surface area contributed by atoms with Crippen LogP contribution >= 0.6 is 0 Å². The van der Waals surface area contributed by atoms with Gasteiger partial charge < -0.3 is 11.1 Å². The number of carbonyl (C=O) groups excluding carboxylic acids is 1. The van der Waals surface area contributed by atoms with Gasteiger partial charge >= 0.3 is 0 Å². The number of nitrogens with one attached hydrogen (secondary N) is 1. The summed E-state index contributed by atoms with van der Waals surface area (Å²) >= 11 is 0. The predicted octanol–water partition coefficient (Wildman–Crippen LogP) is 2.71. The van der Waals surface area contributed by atoms with Gasteiger partial charge in [0.1, 0.15) is 0 Å². The Bertz CT molecular complexity index is 669. The third-order valence-electron chi connectivity index (χ3n) is 4.88. The smallest absolute Gasteiger partial charge is 0.248 e. The van der Waals surface area contributed by atoms with E-state index in [-0.39, 0.29) is 5.91 Å². The highest BCUT2D eigenvalue weighted by Gasteiger charge is 2.26. The Kier molecular flexibility index (Phi) is 5.28. The molecular weight excluding hydrogens is 298 g/mol. The maximum atomic E-state index is 11.1. The fraction of sp³-hybridized carbons (Fsp3) is 0.350. The lowest BCUT2D eigenvalue weighted by Gasteiger charge is -2.25. The molecule has 3 N–H and O–H groups in total. The van der Waals surface area contributed by atoms with Crippen molar-refractivity contribution < 1.29 is 4.79 Å². The summed E-state index contributed by atoms with van der Waals surface area (Å²) in [5, 5.41) is 3.63. The number of nitrogens with two attached hydrogens (primary N) is 1. The zero-order chi connectivity index (χ0) is 16.9. The molecule has 0 aromatic heterocycles. The number of hydrogen-bond donors (Lipinski definition) is 2. The van der Waals surface area contributed by atoms with Crippen LogP contribution in [-0.2, 0) is 6.54 Å².